The molecule has 2 aromatic carbocycles. The molecule has 0 heterocycles. The number of carboxylic acids is 1. The van der Waals surface area contributed by atoms with Crippen LogP contribution in [0.15, 0.2) is 48.5 Å². The Kier molecular flexibility index (Phi) is 7.88. The Morgan fingerprint density at radius 2 is 1.56 bits per heavy atom. The van der Waals surface area contributed by atoms with Crippen molar-refractivity contribution in [3.05, 3.63) is 59.7 Å². The van der Waals surface area contributed by atoms with Crippen molar-refractivity contribution in [3.8, 4) is 11.1 Å². The first-order valence-electron chi connectivity index (χ1n) is 11.2. The minimum absolute atomic E-state index is 0.0775. The number of fused-ring (bicyclic) bond motifs is 3. The number of ether oxygens (including phenoxy) is 1. The largest absolute Gasteiger partial charge is 0.480 e. The molecule has 3 amide bonds. The summed E-state index contributed by atoms with van der Waals surface area (Å²) in [6, 6.07) is 13.3. The van der Waals surface area contributed by atoms with Crippen LogP contribution in [0, 0.1) is 5.92 Å². The number of carbonyl (C=O) groups excluding carboxylic acids is 3. The molecule has 1 aliphatic carbocycles. The van der Waals surface area contributed by atoms with Crippen molar-refractivity contribution in [2.24, 2.45) is 11.7 Å². The Morgan fingerprint density at radius 3 is 2.06 bits per heavy atom. The lowest BCUT2D eigenvalue weighted by molar-refractivity contribution is -0.143. The number of primary amides is 1. The second kappa shape index (κ2) is 10.8. The van der Waals surface area contributed by atoms with Crippen LogP contribution in [-0.4, -0.2) is 47.7 Å². The summed E-state index contributed by atoms with van der Waals surface area (Å²) >= 11 is 0. The summed E-state index contributed by atoms with van der Waals surface area (Å²) in [4.78, 5) is 47.9. The van der Waals surface area contributed by atoms with Crippen LogP contribution in [0.3, 0.4) is 0 Å². The van der Waals surface area contributed by atoms with Gasteiger partial charge < -0.3 is 26.2 Å². The molecule has 0 aromatic heterocycles. The molecule has 0 fully saturated rings. The number of amides is 3. The van der Waals surface area contributed by atoms with Crippen molar-refractivity contribution < 1.29 is 29.0 Å². The Morgan fingerprint density at radius 1 is 1.00 bits per heavy atom. The Labute approximate surface area is 197 Å². The number of rotatable bonds is 10. The number of nitrogens with two attached hydrogens (primary N) is 1. The molecule has 0 unspecified atom stereocenters. The van der Waals surface area contributed by atoms with Crippen molar-refractivity contribution in [1.29, 1.82) is 0 Å². The molecule has 9 nitrogen and oxygen atoms in total. The third kappa shape index (κ3) is 5.54. The van der Waals surface area contributed by atoms with Gasteiger partial charge >= 0.3 is 12.1 Å². The molecule has 0 bridgehead atoms. The summed E-state index contributed by atoms with van der Waals surface area (Å²) in [7, 11) is 0. The van der Waals surface area contributed by atoms with E-state index in [2.05, 4.69) is 10.6 Å². The van der Waals surface area contributed by atoms with Crippen molar-refractivity contribution in [3.63, 3.8) is 0 Å². The van der Waals surface area contributed by atoms with Crippen molar-refractivity contribution in [1.82, 2.24) is 10.6 Å². The quantitative estimate of drug-likeness (QED) is 0.422. The summed E-state index contributed by atoms with van der Waals surface area (Å²) in [5.41, 5.74) is 9.38. The van der Waals surface area contributed by atoms with Gasteiger partial charge in [-0.2, -0.15) is 0 Å². The van der Waals surface area contributed by atoms with E-state index in [9.17, 15) is 24.3 Å². The highest BCUT2D eigenvalue weighted by Gasteiger charge is 2.32. The van der Waals surface area contributed by atoms with Gasteiger partial charge in [0.25, 0.3) is 0 Å². The van der Waals surface area contributed by atoms with Crippen LogP contribution in [0.25, 0.3) is 11.1 Å². The fourth-order valence-electron chi connectivity index (χ4n) is 4.13. The average Bonchev–Trinajstić information content (AvgIpc) is 3.13. The molecule has 0 spiro atoms. The first kappa shape index (κ1) is 24.8. The molecule has 0 aliphatic heterocycles. The summed E-state index contributed by atoms with van der Waals surface area (Å²) in [6.45, 7) is 3.66. The van der Waals surface area contributed by atoms with E-state index in [1.165, 1.54) is 0 Å². The van der Waals surface area contributed by atoms with Gasteiger partial charge in [0.15, 0.2) is 0 Å². The summed E-state index contributed by atoms with van der Waals surface area (Å²) in [6.07, 6.45) is -0.807. The fraction of sp³-hybridized carbons (Fsp3) is 0.360. The average molecular weight is 468 g/mol. The molecule has 9 heteroatoms. The lowest BCUT2D eigenvalue weighted by Crippen LogP contribution is -2.54. The standard InChI is InChI=1S/C25H29N3O6/c1-3-14(2)22(23(30)27-20(24(31)32)12-21(26)29)28-25(33)34-13-19-17-10-6-4-8-15(17)16-9-5-7-11-18(16)19/h4-11,14,19-20,22H,3,12-13H2,1-2H3,(H2,26,29)(H,27,30)(H,28,33)(H,31,32)/t14-,20-,22-/m0/s1. The molecule has 0 saturated carbocycles. The van der Waals surface area contributed by atoms with Crippen LogP contribution >= 0.6 is 0 Å². The second-order valence-corrected chi connectivity index (χ2v) is 8.40. The van der Waals surface area contributed by atoms with Crippen LogP contribution < -0.4 is 16.4 Å². The van der Waals surface area contributed by atoms with Crippen LogP contribution in [0.2, 0.25) is 0 Å². The minimum atomic E-state index is -1.49. The predicted molar refractivity (Wildman–Crippen MR) is 125 cm³/mol. The lowest BCUT2D eigenvalue weighted by atomic mass is 9.97. The van der Waals surface area contributed by atoms with Gasteiger partial charge in [-0.3, -0.25) is 9.59 Å². The Bertz CT molecular complexity index is 1040. The monoisotopic (exact) mass is 467 g/mol. The highest BCUT2D eigenvalue weighted by atomic mass is 16.5. The highest BCUT2D eigenvalue weighted by molar-refractivity contribution is 5.91. The molecular weight excluding hydrogens is 438 g/mol. The van der Waals surface area contributed by atoms with Gasteiger partial charge in [-0.15, -0.1) is 0 Å². The maximum atomic E-state index is 12.8. The van der Waals surface area contributed by atoms with E-state index in [4.69, 9.17) is 10.5 Å². The van der Waals surface area contributed by atoms with Gasteiger partial charge in [0, 0.05) is 5.92 Å². The van der Waals surface area contributed by atoms with Gasteiger partial charge in [0.05, 0.1) is 6.42 Å². The number of hydrogen-bond acceptors (Lipinski definition) is 5. The molecule has 0 saturated heterocycles. The normalized spacial score (nSPS) is 14.8. The zero-order chi connectivity index (χ0) is 24.8. The third-order valence-corrected chi connectivity index (χ3v) is 6.13. The summed E-state index contributed by atoms with van der Waals surface area (Å²) in [5.74, 6) is -3.44. The van der Waals surface area contributed by atoms with Crippen molar-refractivity contribution >= 4 is 23.9 Å². The minimum Gasteiger partial charge on any atom is -0.480 e. The fourth-order valence-corrected chi connectivity index (χ4v) is 4.13. The summed E-state index contributed by atoms with van der Waals surface area (Å²) in [5, 5.41) is 14.1. The summed E-state index contributed by atoms with van der Waals surface area (Å²) < 4.78 is 5.51. The molecule has 3 atom stereocenters. The van der Waals surface area contributed by atoms with E-state index < -0.39 is 42.4 Å². The number of nitrogens with one attached hydrogen (secondary N) is 2. The zero-order valence-corrected chi connectivity index (χ0v) is 19.1. The van der Waals surface area contributed by atoms with Gasteiger partial charge in [-0.1, -0.05) is 68.8 Å². The van der Waals surface area contributed by atoms with Gasteiger partial charge in [0.2, 0.25) is 11.8 Å². The van der Waals surface area contributed by atoms with Crippen LogP contribution in [-0.2, 0) is 19.1 Å². The van der Waals surface area contributed by atoms with E-state index in [1.54, 1.807) is 6.92 Å². The van der Waals surface area contributed by atoms with Crippen molar-refractivity contribution in [2.45, 2.75) is 44.7 Å². The maximum absolute atomic E-state index is 12.8. The van der Waals surface area contributed by atoms with E-state index in [1.807, 2.05) is 55.5 Å². The molecule has 3 rings (SSSR count). The molecule has 5 N–H and O–H groups in total. The number of benzene rings is 2. The first-order chi connectivity index (χ1) is 16.2. The van der Waals surface area contributed by atoms with Gasteiger partial charge in [-0.25, -0.2) is 9.59 Å². The van der Waals surface area contributed by atoms with Crippen LogP contribution in [0.5, 0.6) is 0 Å². The SMILES string of the molecule is CC[C@H](C)[C@H](NC(=O)OCC1c2ccccc2-c2ccccc21)C(=O)N[C@@H](CC(N)=O)C(=O)O. The van der Waals surface area contributed by atoms with Gasteiger partial charge in [0.1, 0.15) is 18.7 Å². The van der Waals surface area contributed by atoms with Crippen molar-refractivity contribution in [2.75, 3.05) is 6.61 Å². The molecule has 2 aromatic rings. The number of aliphatic carboxylic acids is 1. The maximum Gasteiger partial charge on any atom is 0.407 e. The molecule has 34 heavy (non-hydrogen) atoms. The van der Waals surface area contributed by atoms with E-state index >= 15 is 0 Å². The predicted octanol–water partition coefficient (Wildman–Crippen LogP) is 2.38. The smallest absolute Gasteiger partial charge is 0.407 e. The number of carboxylic acid groups (broad SMARTS) is 1. The molecule has 0 radical (unpaired) electrons. The third-order valence-electron chi connectivity index (χ3n) is 6.13. The van der Waals surface area contributed by atoms with E-state index in [-0.39, 0.29) is 18.4 Å². The number of hydrogen-bond donors (Lipinski definition) is 4. The van der Waals surface area contributed by atoms with E-state index in [0.717, 1.165) is 22.3 Å². The zero-order valence-electron chi connectivity index (χ0n) is 19.1. The van der Waals surface area contributed by atoms with Crippen LogP contribution in [0.4, 0.5) is 4.79 Å². The Balaban J connectivity index is 1.68. The number of alkyl carbamates (subject to hydrolysis) is 1. The van der Waals surface area contributed by atoms with E-state index in [0.29, 0.717) is 6.42 Å². The molecule has 180 valence electrons. The number of carbonyl (C=O) groups is 4. The molecular formula is C25H29N3O6. The van der Waals surface area contributed by atoms with Gasteiger partial charge in [-0.05, 0) is 28.2 Å². The highest BCUT2D eigenvalue weighted by Crippen LogP contribution is 2.44. The lowest BCUT2D eigenvalue weighted by Gasteiger charge is -2.25. The topological polar surface area (TPSA) is 148 Å². The second-order valence-electron chi connectivity index (χ2n) is 8.40. The molecule has 1 aliphatic rings. The Hall–Kier alpha value is -3.88. The first-order valence-corrected chi connectivity index (χ1v) is 11.2. The van der Waals surface area contributed by atoms with Crippen LogP contribution in [0.1, 0.15) is 43.7 Å².